The van der Waals surface area contributed by atoms with Crippen LogP contribution < -0.4 is 4.90 Å². The van der Waals surface area contributed by atoms with E-state index in [9.17, 15) is 17.6 Å². The van der Waals surface area contributed by atoms with Crippen LogP contribution in [0.1, 0.15) is 5.56 Å². The van der Waals surface area contributed by atoms with Crippen LogP contribution in [-0.2, 0) is 21.1 Å². The lowest BCUT2D eigenvalue weighted by molar-refractivity contribution is -0.123. The van der Waals surface area contributed by atoms with E-state index >= 15 is 0 Å². The number of anilines is 1. The largest absolute Gasteiger partial charge is 0.306 e. The standard InChI is InChI=1S/C20H21FN2O3S/c21-16-8-6-15(7-9-16)10-11-22-12-20(24)23(17-4-2-1-3-5-17)19-14-27(25,26)13-18(19)22/h1-9,18-19H,10-14H2. The molecule has 2 saturated heterocycles. The highest BCUT2D eigenvalue weighted by Gasteiger charge is 2.49. The van der Waals surface area contributed by atoms with Gasteiger partial charge in [0.05, 0.1) is 24.1 Å². The van der Waals surface area contributed by atoms with Crippen molar-refractivity contribution in [2.45, 2.75) is 18.5 Å². The van der Waals surface area contributed by atoms with E-state index in [1.807, 2.05) is 35.2 Å². The number of rotatable bonds is 4. The SMILES string of the molecule is O=C1CN(CCc2ccc(F)cc2)C2CS(=O)(=O)CC2N1c1ccccc1. The molecule has 27 heavy (non-hydrogen) atoms. The summed E-state index contributed by atoms with van der Waals surface area (Å²) in [4.78, 5) is 16.5. The van der Waals surface area contributed by atoms with Gasteiger partial charge in [-0.15, -0.1) is 0 Å². The van der Waals surface area contributed by atoms with Crippen molar-refractivity contribution in [3.05, 3.63) is 66.0 Å². The molecule has 0 N–H and O–H groups in total. The zero-order valence-electron chi connectivity index (χ0n) is 14.8. The van der Waals surface area contributed by atoms with E-state index in [0.717, 1.165) is 11.3 Å². The second-order valence-electron chi connectivity index (χ2n) is 7.16. The highest BCUT2D eigenvalue weighted by molar-refractivity contribution is 7.91. The van der Waals surface area contributed by atoms with Crippen molar-refractivity contribution in [3.8, 4) is 0 Å². The van der Waals surface area contributed by atoms with Gasteiger partial charge in [-0.1, -0.05) is 30.3 Å². The number of hydrogen-bond donors (Lipinski definition) is 0. The van der Waals surface area contributed by atoms with Gasteiger partial charge in [0.25, 0.3) is 0 Å². The van der Waals surface area contributed by atoms with Crippen LogP contribution in [0.15, 0.2) is 54.6 Å². The number of sulfone groups is 1. The van der Waals surface area contributed by atoms with E-state index in [0.29, 0.717) is 13.0 Å². The Labute approximate surface area is 158 Å². The Kier molecular flexibility index (Phi) is 4.74. The van der Waals surface area contributed by atoms with E-state index in [-0.39, 0.29) is 41.9 Å². The summed E-state index contributed by atoms with van der Waals surface area (Å²) in [6.45, 7) is 0.753. The minimum Gasteiger partial charge on any atom is -0.306 e. The highest BCUT2D eigenvalue weighted by Crippen LogP contribution is 2.31. The number of amides is 1. The molecule has 2 aromatic rings. The van der Waals surface area contributed by atoms with Gasteiger partial charge >= 0.3 is 0 Å². The molecule has 0 spiro atoms. The molecule has 1 amide bonds. The Hall–Kier alpha value is -2.25. The molecule has 2 fully saturated rings. The van der Waals surface area contributed by atoms with Gasteiger partial charge in [0.1, 0.15) is 5.82 Å². The third-order valence-electron chi connectivity index (χ3n) is 5.34. The first-order valence-corrected chi connectivity index (χ1v) is 10.8. The Morgan fingerprint density at radius 2 is 1.63 bits per heavy atom. The number of piperazine rings is 1. The van der Waals surface area contributed by atoms with Crippen molar-refractivity contribution in [1.29, 1.82) is 0 Å². The van der Waals surface area contributed by atoms with Gasteiger partial charge in [-0.3, -0.25) is 9.69 Å². The summed E-state index contributed by atoms with van der Waals surface area (Å²) in [5.41, 5.74) is 1.71. The summed E-state index contributed by atoms with van der Waals surface area (Å²) < 4.78 is 37.7. The lowest BCUT2D eigenvalue weighted by Gasteiger charge is -2.43. The molecule has 2 heterocycles. The van der Waals surface area contributed by atoms with Gasteiger partial charge in [-0.2, -0.15) is 0 Å². The molecule has 0 aliphatic carbocycles. The average molecular weight is 388 g/mol. The Bertz CT molecular complexity index is 931. The maximum Gasteiger partial charge on any atom is 0.241 e. The smallest absolute Gasteiger partial charge is 0.241 e. The Morgan fingerprint density at radius 1 is 0.963 bits per heavy atom. The number of fused-ring (bicyclic) bond motifs is 1. The fourth-order valence-electron chi connectivity index (χ4n) is 4.05. The first-order valence-electron chi connectivity index (χ1n) is 8.99. The van der Waals surface area contributed by atoms with Crippen molar-refractivity contribution in [1.82, 2.24) is 4.90 Å². The van der Waals surface area contributed by atoms with Gasteiger partial charge in [-0.05, 0) is 36.2 Å². The quantitative estimate of drug-likeness (QED) is 0.803. The average Bonchev–Trinajstić information content (AvgIpc) is 2.96. The first-order chi connectivity index (χ1) is 12.9. The molecule has 2 aromatic carbocycles. The molecular formula is C20H21FN2O3S. The maximum absolute atomic E-state index is 13.1. The normalized spacial score (nSPS) is 24.8. The van der Waals surface area contributed by atoms with Gasteiger partial charge < -0.3 is 4.90 Å². The van der Waals surface area contributed by atoms with Gasteiger partial charge in [-0.25, -0.2) is 12.8 Å². The van der Waals surface area contributed by atoms with Crippen molar-refractivity contribution in [3.63, 3.8) is 0 Å². The lowest BCUT2D eigenvalue weighted by Crippen LogP contribution is -2.62. The van der Waals surface area contributed by atoms with E-state index in [4.69, 9.17) is 0 Å². The molecule has 2 aliphatic heterocycles. The van der Waals surface area contributed by atoms with Crippen LogP contribution in [0.25, 0.3) is 0 Å². The molecule has 142 valence electrons. The fourth-order valence-corrected chi connectivity index (χ4v) is 6.03. The maximum atomic E-state index is 13.1. The summed E-state index contributed by atoms with van der Waals surface area (Å²) in [5, 5.41) is 0. The fraction of sp³-hybridized carbons (Fsp3) is 0.350. The van der Waals surface area contributed by atoms with E-state index in [1.54, 1.807) is 17.0 Å². The molecule has 2 atom stereocenters. The molecule has 5 nitrogen and oxygen atoms in total. The van der Waals surface area contributed by atoms with Gasteiger partial charge in [0.15, 0.2) is 9.84 Å². The van der Waals surface area contributed by atoms with Crippen molar-refractivity contribution < 1.29 is 17.6 Å². The number of benzene rings is 2. The summed E-state index contributed by atoms with van der Waals surface area (Å²) in [7, 11) is -3.20. The van der Waals surface area contributed by atoms with Crippen molar-refractivity contribution >= 4 is 21.4 Å². The van der Waals surface area contributed by atoms with E-state index in [1.165, 1.54) is 12.1 Å². The number of nitrogens with zero attached hydrogens (tertiary/aromatic N) is 2. The predicted molar refractivity (Wildman–Crippen MR) is 102 cm³/mol. The molecule has 0 aromatic heterocycles. The molecule has 2 unspecified atom stereocenters. The molecule has 0 radical (unpaired) electrons. The van der Waals surface area contributed by atoms with Crippen LogP contribution in [0.5, 0.6) is 0 Å². The summed E-state index contributed by atoms with van der Waals surface area (Å²) in [6, 6.07) is 14.9. The van der Waals surface area contributed by atoms with E-state index in [2.05, 4.69) is 0 Å². The molecule has 0 bridgehead atoms. The molecule has 7 heteroatoms. The van der Waals surface area contributed by atoms with Crippen molar-refractivity contribution in [2.24, 2.45) is 0 Å². The Morgan fingerprint density at radius 3 is 2.33 bits per heavy atom. The topological polar surface area (TPSA) is 57.7 Å². The van der Waals surface area contributed by atoms with Crippen molar-refractivity contribution in [2.75, 3.05) is 29.5 Å². The van der Waals surface area contributed by atoms with E-state index < -0.39 is 9.84 Å². The molecule has 2 aliphatic rings. The Balaban J connectivity index is 1.57. The minimum atomic E-state index is -3.20. The number of para-hydroxylation sites is 1. The number of halogens is 1. The monoisotopic (exact) mass is 388 g/mol. The molecule has 0 saturated carbocycles. The first kappa shape index (κ1) is 18.1. The highest BCUT2D eigenvalue weighted by atomic mass is 32.2. The molecule has 4 rings (SSSR count). The number of hydrogen-bond acceptors (Lipinski definition) is 4. The third-order valence-corrected chi connectivity index (χ3v) is 7.04. The zero-order chi connectivity index (χ0) is 19.0. The second-order valence-corrected chi connectivity index (χ2v) is 9.31. The van der Waals surface area contributed by atoms with Crippen LogP contribution in [0.2, 0.25) is 0 Å². The van der Waals surface area contributed by atoms with Crippen LogP contribution in [0.3, 0.4) is 0 Å². The van der Waals surface area contributed by atoms with Crippen LogP contribution in [0, 0.1) is 5.82 Å². The second kappa shape index (κ2) is 7.05. The summed E-state index contributed by atoms with van der Waals surface area (Å²) in [5.74, 6) is -0.311. The van der Waals surface area contributed by atoms with Crippen LogP contribution in [0.4, 0.5) is 10.1 Å². The lowest BCUT2D eigenvalue weighted by atomic mass is 10.0. The summed E-state index contributed by atoms with van der Waals surface area (Å²) in [6.07, 6.45) is 0.641. The third kappa shape index (κ3) is 3.75. The number of carbonyl (C=O) groups excluding carboxylic acids is 1. The molecular weight excluding hydrogens is 367 g/mol. The predicted octanol–water partition coefficient (Wildman–Crippen LogP) is 1.88. The minimum absolute atomic E-state index is 0.00858. The van der Waals surface area contributed by atoms with Gasteiger partial charge in [0.2, 0.25) is 5.91 Å². The van der Waals surface area contributed by atoms with Crippen LogP contribution in [-0.4, -0.2) is 55.9 Å². The van der Waals surface area contributed by atoms with Gasteiger partial charge in [0, 0.05) is 18.3 Å². The van der Waals surface area contributed by atoms with Crippen LogP contribution >= 0.6 is 0 Å². The number of carbonyl (C=O) groups is 1. The zero-order valence-corrected chi connectivity index (χ0v) is 15.6. The summed E-state index contributed by atoms with van der Waals surface area (Å²) >= 11 is 0.